The Morgan fingerprint density at radius 2 is 1.89 bits per heavy atom. The summed E-state index contributed by atoms with van der Waals surface area (Å²) in [5.41, 5.74) is 1.45. The third-order valence-electron chi connectivity index (χ3n) is 4.20. The van der Waals surface area contributed by atoms with Crippen molar-refractivity contribution in [1.82, 2.24) is 0 Å². The second-order valence-corrected chi connectivity index (χ2v) is 5.90. The standard InChI is InChI=1S/C20H21NO6/c1-24-17-8-7-14(11-18(17)25-2)12-27-20(23)9-10-21-15-5-3-4-6-16(15)26-13-19(21)22/h3-8,11H,9-10,12-13H2,1-2H3. The lowest BCUT2D eigenvalue weighted by Gasteiger charge is -2.28. The Morgan fingerprint density at radius 1 is 1.11 bits per heavy atom. The molecule has 0 aliphatic carbocycles. The summed E-state index contributed by atoms with van der Waals surface area (Å²) < 4.78 is 21.1. The highest BCUT2D eigenvalue weighted by Crippen LogP contribution is 2.31. The van der Waals surface area contributed by atoms with Gasteiger partial charge in [0.1, 0.15) is 12.4 Å². The second kappa shape index (κ2) is 8.44. The van der Waals surface area contributed by atoms with Gasteiger partial charge in [-0.2, -0.15) is 0 Å². The highest BCUT2D eigenvalue weighted by Gasteiger charge is 2.25. The Morgan fingerprint density at radius 3 is 2.67 bits per heavy atom. The fourth-order valence-electron chi connectivity index (χ4n) is 2.81. The molecular weight excluding hydrogens is 350 g/mol. The first-order valence-corrected chi connectivity index (χ1v) is 8.51. The van der Waals surface area contributed by atoms with E-state index in [9.17, 15) is 9.59 Å². The van der Waals surface area contributed by atoms with Crippen molar-refractivity contribution in [1.29, 1.82) is 0 Å². The van der Waals surface area contributed by atoms with Crippen molar-refractivity contribution in [3.63, 3.8) is 0 Å². The van der Waals surface area contributed by atoms with E-state index in [0.29, 0.717) is 22.9 Å². The number of esters is 1. The normalized spacial score (nSPS) is 12.8. The number of amides is 1. The predicted molar refractivity (Wildman–Crippen MR) is 98.2 cm³/mol. The minimum atomic E-state index is -0.387. The molecule has 0 atom stereocenters. The van der Waals surface area contributed by atoms with E-state index < -0.39 is 0 Å². The minimum Gasteiger partial charge on any atom is -0.493 e. The van der Waals surface area contributed by atoms with Crippen LogP contribution < -0.4 is 19.1 Å². The van der Waals surface area contributed by atoms with E-state index in [1.54, 1.807) is 49.5 Å². The number of ether oxygens (including phenoxy) is 4. The Labute approximate surface area is 157 Å². The van der Waals surface area contributed by atoms with Gasteiger partial charge in [0, 0.05) is 6.54 Å². The molecule has 3 rings (SSSR count). The van der Waals surface area contributed by atoms with Crippen LogP contribution in [-0.4, -0.2) is 39.2 Å². The van der Waals surface area contributed by atoms with E-state index in [-0.39, 0.29) is 38.1 Å². The molecular formula is C20H21NO6. The number of hydrogen-bond donors (Lipinski definition) is 0. The van der Waals surface area contributed by atoms with E-state index in [0.717, 1.165) is 5.56 Å². The Kier molecular flexibility index (Phi) is 5.80. The Balaban J connectivity index is 1.55. The van der Waals surface area contributed by atoms with Gasteiger partial charge >= 0.3 is 5.97 Å². The first kappa shape index (κ1) is 18.6. The molecule has 0 saturated carbocycles. The van der Waals surface area contributed by atoms with Gasteiger partial charge in [-0.25, -0.2) is 0 Å². The van der Waals surface area contributed by atoms with Crippen LogP contribution in [0.5, 0.6) is 17.2 Å². The van der Waals surface area contributed by atoms with Gasteiger partial charge in [-0.05, 0) is 29.8 Å². The zero-order valence-corrected chi connectivity index (χ0v) is 15.3. The summed E-state index contributed by atoms with van der Waals surface area (Å²) in [6, 6.07) is 12.6. The van der Waals surface area contributed by atoms with Crippen molar-refractivity contribution in [3.05, 3.63) is 48.0 Å². The second-order valence-electron chi connectivity index (χ2n) is 5.90. The van der Waals surface area contributed by atoms with Gasteiger partial charge < -0.3 is 23.8 Å². The molecule has 1 heterocycles. The van der Waals surface area contributed by atoms with E-state index >= 15 is 0 Å². The number of para-hydroxylation sites is 2. The topological polar surface area (TPSA) is 74.3 Å². The summed E-state index contributed by atoms with van der Waals surface area (Å²) >= 11 is 0. The van der Waals surface area contributed by atoms with Crippen LogP contribution in [0.4, 0.5) is 5.69 Å². The van der Waals surface area contributed by atoms with Crippen LogP contribution in [0.15, 0.2) is 42.5 Å². The van der Waals surface area contributed by atoms with Crippen molar-refractivity contribution in [2.24, 2.45) is 0 Å². The third-order valence-corrected chi connectivity index (χ3v) is 4.20. The first-order chi connectivity index (χ1) is 13.1. The highest BCUT2D eigenvalue weighted by molar-refractivity contribution is 5.98. The SMILES string of the molecule is COc1ccc(COC(=O)CCN2C(=O)COc3ccccc32)cc1OC. The number of nitrogens with zero attached hydrogens (tertiary/aromatic N) is 1. The lowest BCUT2D eigenvalue weighted by molar-refractivity contribution is -0.144. The number of fused-ring (bicyclic) bond motifs is 1. The van der Waals surface area contributed by atoms with Gasteiger partial charge in [-0.15, -0.1) is 0 Å². The molecule has 142 valence electrons. The molecule has 0 unspecified atom stereocenters. The Bertz CT molecular complexity index is 835. The van der Waals surface area contributed by atoms with Gasteiger partial charge in [0.25, 0.3) is 5.91 Å². The maximum Gasteiger partial charge on any atom is 0.307 e. The van der Waals surface area contributed by atoms with E-state index in [2.05, 4.69) is 0 Å². The molecule has 0 fully saturated rings. The van der Waals surface area contributed by atoms with Crippen molar-refractivity contribution >= 4 is 17.6 Å². The zero-order chi connectivity index (χ0) is 19.2. The molecule has 2 aromatic rings. The molecule has 1 aliphatic heterocycles. The Hall–Kier alpha value is -3.22. The average Bonchev–Trinajstić information content (AvgIpc) is 2.71. The maximum atomic E-state index is 12.1. The molecule has 0 spiro atoms. The molecule has 0 aromatic heterocycles. The van der Waals surface area contributed by atoms with Crippen molar-refractivity contribution in [2.75, 3.05) is 32.3 Å². The highest BCUT2D eigenvalue weighted by atomic mass is 16.5. The molecule has 7 heteroatoms. The molecule has 0 N–H and O–H groups in total. The van der Waals surface area contributed by atoms with Gasteiger partial charge in [0.2, 0.25) is 0 Å². The number of carbonyl (C=O) groups is 2. The summed E-state index contributed by atoms with van der Waals surface area (Å²) in [6.07, 6.45) is 0.0906. The van der Waals surface area contributed by atoms with Crippen LogP contribution in [0.1, 0.15) is 12.0 Å². The molecule has 0 radical (unpaired) electrons. The van der Waals surface area contributed by atoms with Crippen LogP contribution in [-0.2, 0) is 20.9 Å². The van der Waals surface area contributed by atoms with Crippen molar-refractivity contribution in [2.45, 2.75) is 13.0 Å². The molecule has 0 saturated heterocycles. The van der Waals surface area contributed by atoms with Crippen LogP contribution in [0.25, 0.3) is 0 Å². The van der Waals surface area contributed by atoms with E-state index in [1.165, 1.54) is 0 Å². The minimum absolute atomic E-state index is 0.0301. The van der Waals surface area contributed by atoms with Crippen LogP contribution in [0.3, 0.4) is 0 Å². The largest absolute Gasteiger partial charge is 0.493 e. The summed E-state index contributed by atoms with van der Waals surface area (Å²) in [6.45, 7) is 0.328. The zero-order valence-electron chi connectivity index (χ0n) is 15.3. The predicted octanol–water partition coefficient (Wildman–Crippen LogP) is 2.56. The molecule has 27 heavy (non-hydrogen) atoms. The number of hydrogen-bond acceptors (Lipinski definition) is 6. The lowest BCUT2D eigenvalue weighted by Crippen LogP contribution is -2.40. The molecule has 1 aliphatic rings. The fourth-order valence-corrected chi connectivity index (χ4v) is 2.81. The van der Waals surface area contributed by atoms with Gasteiger partial charge in [-0.1, -0.05) is 18.2 Å². The fraction of sp³-hybridized carbons (Fsp3) is 0.300. The molecule has 1 amide bonds. The summed E-state index contributed by atoms with van der Waals surface area (Å²) in [5.74, 6) is 1.25. The van der Waals surface area contributed by atoms with Gasteiger partial charge in [-0.3, -0.25) is 9.59 Å². The lowest BCUT2D eigenvalue weighted by atomic mass is 10.2. The molecule has 2 aromatic carbocycles. The third kappa shape index (κ3) is 4.31. The number of anilines is 1. The van der Waals surface area contributed by atoms with Gasteiger partial charge in [0.15, 0.2) is 18.1 Å². The van der Waals surface area contributed by atoms with Gasteiger partial charge in [0.05, 0.1) is 26.3 Å². The number of carbonyl (C=O) groups excluding carboxylic acids is 2. The van der Waals surface area contributed by atoms with Crippen molar-refractivity contribution < 1.29 is 28.5 Å². The first-order valence-electron chi connectivity index (χ1n) is 8.51. The smallest absolute Gasteiger partial charge is 0.307 e. The maximum absolute atomic E-state index is 12.1. The number of methoxy groups -OCH3 is 2. The summed E-state index contributed by atoms with van der Waals surface area (Å²) in [5, 5.41) is 0. The van der Waals surface area contributed by atoms with E-state index in [4.69, 9.17) is 18.9 Å². The monoisotopic (exact) mass is 371 g/mol. The number of rotatable bonds is 7. The molecule has 7 nitrogen and oxygen atoms in total. The van der Waals surface area contributed by atoms with Crippen LogP contribution in [0, 0.1) is 0 Å². The van der Waals surface area contributed by atoms with Crippen LogP contribution >= 0.6 is 0 Å². The van der Waals surface area contributed by atoms with Crippen LogP contribution in [0.2, 0.25) is 0 Å². The van der Waals surface area contributed by atoms with Crippen molar-refractivity contribution in [3.8, 4) is 17.2 Å². The number of benzene rings is 2. The molecule has 0 bridgehead atoms. The quantitative estimate of drug-likeness (QED) is 0.697. The average molecular weight is 371 g/mol. The van der Waals surface area contributed by atoms with E-state index in [1.807, 2.05) is 12.1 Å². The summed E-state index contributed by atoms with van der Waals surface area (Å²) in [7, 11) is 3.10. The summed E-state index contributed by atoms with van der Waals surface area (Å²) in [4.78, 5) is 25.8.